The zero-order valence-electron chi connectivity index (χ0n) is 13.9. The Morgan fingerprint density at radius 3 is 2.64 bits per heavy atom. The van der Waals surface area contributed by atoms with Crippen molar-refractivity contribution in [1.82, 2.24) is 10.6 Å². The quantitative estimate of drug-likeness (QED) is 0.336. The fourth-order valence-corrected chi connectivity index (χ4v) is 2.11. The van der Waals surface area contributed by atoms with E-state index in [-0.39, 0.29) is 42.1 Å². The molecule has 2 aromatic rings. The van der Waals surface area contributed by atoms with Crippen LogP contribution in [0.15, 0.2) is 45.8 Å². The lowest BCUT2D eigenvalue weighted by molar-refractivity contribution is 0.0972. The van der Waals surface area contributed by atoms with Gasteiger partial charge in [-0.2, -0.15) is 0 Å². The number of nitrogens with one attached hydrogen (secondary N) is 2. The van der Waals surface area contributed by atoms with Crippen LogP contribution in [0, 0.1) is 5.82 Å². The number of carbonyl (C=O) groups is 1. The predicted molar refractivity (Wildman–Crippen MR) is 106 cm³/mol. The van der Waals surface area contributed by atoms with E-state index < -0.39 is 5.91 Å². The summed E-state index contributed by atoms with van der Waals surface area (Å²) >= 11 is 0. The van der Waals surface area contributed by atoms with E-state index in [1.807, 2.05) is 13.0 Å². The third-order valence-electron chi connectivity index (χ3n) is 3.29. The number of rotatable bonds is 7. The minimum atomic E-state index is -0.611. The zero-order valence-corrected chi connectivity index (χ0v) is 16.3. The Hall–Kier alpha value is -2.10. The molecule has 2 rings (SSSR count). The molecule has 0 radical (unpaired) electrons. The van der Waals surface area contributed by atoms with E-state index in [0.29, 0.717) is 36.8 Å². The number of guanidine groups is 1. The number of nitrogens with zero attached hydrogens (tertiary/aromatic N) is 1. The minimum absolute atomic E-state index is 0. The lowest BCUT2D eigenvalue weighted by Gasteiger charge is -2.11. The molecule has 1 heterocycles. The highest BCUT2D eigenvalue weighted by molar-refractivity contribution is 14.0. The largest absolute Gasteiger partial charge is 0.454 e. The maximum Gasteiger partial charge on any atom is 0.284 e. The van der Waals surface area contributed by atoms with Gasteiger partial charge in [-0.05, 0) is 37.1 Å². The molecule has 1 amide bonds. The molecule has 1 aromatic heterocycles. The van der Waals surface area contributed by atoms with Crippen molar-refractivity contribution in [2.45, 2.75) is 19.9 Å². The number of carbonyl (C=O) groups excluding carboxylic acids is 1. The number of aliphatic imine (C=N–C) groups is 1. The Balaban J connectivity index is 0.00000312. The highest BCUT2D eigenvalue weighted by Crippen LogP contribution is 2.08. The average Bonchev–Trinajstić information content (AvgIpc) is 3.03. The van der Waals surface area contributed by atoms with Crippen molar-refractivity contribution < 1.29 is 13.6 Å². The summed E-state index contributed by atoms with van der Waals surface area (Å²) in [5, 5.41) is 6.23. The lowest BCUT2D eigenvalue weighted by atomic mass is 10.1. The molecular formula is C17H22FIN4O2. The van der Waals surface area contributed by atoms with Crippen LogP contribution in [0.3, 0.4) is 0 Å². The molecule has 0 atom stereocenters. The summed E-state index contributed by atoms with van der Waals surface area (Å²) < 4.78 is 18.9. The highest BCUT2D eigenvalue weighted by Gasteiger charge is 2.07. The molecule has 25 heavy (non-hydrogen) atoms. The topological polar surface area (TPSA) is 92.6 Å². The van der Waals surface area contributed by atoms with Crippen LogP contribution in [0.1, 0.15) is 28.8 Å². The molecule has 0 bridgehead atoms. The standard InChI is InChI=1S/C17H21FN4O2.HI/c1-2-20-17(21-10-9-12-5-3-4-6-14(12)18)22-11-13-7-8-15(24-13)16(19)23;/h3-8H,2,9-11H2,1H3,(H2,19,23)(H2,20,21,22);1H. The van der Waals surface area contributed by atoms with Gasteiger partial charge in [-0.1, -0.05) is 18.2 Å². The number of halogens is 2. The third-order valence-corrected chi connectivity index (χ3v) is 3.29. The van der Waals surface area contributed by atoms with Crippen LogP contribution >= 0.6 is 24.0 Å². The van der Waals surface area contributed by atoms with Gasteiger partial charge in [-0.25, -0.2) is 9.38 Å². The Morgan fingerprint density at radius 1 is 1.24 bits per heavy atom. The van der Waals surface area contributed by atoms with Crippen molar-refractivity contribution in [2.24, 2.45) is 10.7 Å². The first-order valence-electron chi connectivity index (χ1n) is 7.74. The monoisotopic (exact) mass is 460 g/mol. The number of nitrogens with two attached hydrogens (primary N) is 1. The molecule has 4 N–H and O–H groups in total. The second kappa shape index (κ2) is 10.7. The lowest BCUT2D eigenvalue weighted by Crippen LogP contribution is -2.38. The number of hydrogen-bond donors (Lipinski definition) is 3. The maximum atomic E-state index is 13.6. The van der Waals surface area contributed by atoms with Crippen LogP contribution in [0.25, 0.3) is 0 Å². The van der Waals surface area contributed by atoms with E-state index in [4.69, 9.17) is 10.2 Å². The van der Waals surface area contributed by atoms with Gasteiger partial charge < -0.3 is 20.8 Å². The predicted octanol–water partition coefficient (Wildman–Crippen LogP) is 2.43. The molecule has 0 aliphatic heterocycles. The van der Waals surface area contributed by atoms with E-state index in [2.05, 4.69) is 15.6 Å². The molecular weight excluding hydrogens is 438 g/mol. The van der Waals surface area contributed by atoms with Crippen molar-refractivity contribution in [3.63, 3.8) is 0 Å². The normalized spacial score (nSPS) is 10.9. The van der Waals surface area contributed by atoms with Gasteiger partial charge >= 0.3 is 0 Å². The first kappa shape index (κ1) is 20.9. The second-order valence-electron chi connectivity index (χ2n) is 5.09. The maximum absolute atomic E-state index is 13.6. The van der Waals surface area contributed by atoms with Gasteiger partial charge in [0.15, 0.2) is 11.7 Å². The van der Waals surface area contributed by atoms with Gasteiger partial charge in [0, 0.05) is 13.1 Å². The van der Waals surface area contributed by atoms with Crippen LogP contribution in [0.2, 0.25) is 0 Å². The molecule has 0 unspecified atom stereocenters. The number of hydrogen-bond acceptors (Lipinski definition) is 3. The van der Waals surface area contributed by atoms with Gasteiger partial charge in [0.25, 0.3) is 5.91 Å². The number of furan rings is 1. The van der Waals surface area contributed by atoms with Gasteiger partial charge in [-0.3, -0.25) is 4.79 Å². The summed E-state index contributed by atoms with van der Waals surface area (Å²) in [4.78, 5) is 15.4. The van der Waals surface area contributed by atoms with Crippen LogP contribution in [-0.4, -0.2) is 25.0 Å². The van der Waals surface area contributed by atoms with Crippen LogP contribution in [-0.2, 0) is 13.0 Å². The van der Waals surface area contributed by atoms with Crippen LogP contribution in [0.4, 0.5) is 4.39 Å². The Labute approximate surface area is 163 Å². The van der Waals surface area contributed by atoms with Crippen LogP contribution < -0.4 is 16.4 Å². The molecule has 136 valence electrons. The zero-order chi connectivity index (χ0) is 17.4. The number of amides is 1. The molecule has 0 aliphatic rings. The molecule has 0 saturated carbocycles. The van der Waals surface area contributed by atoms with Gasteiger partial charge in [0.05, 0.1) is 0 Å². The molecule has 8 heteroatoms. The first-order chi connectivity index (χ1) is 11.6. The Morgan fingerprint density at radius 2 is 2.00 bits per heavy atom. The fraction of sp³-hybridized carbons (Fsp3) is 0.294. The summed E-state index contributed by atoms with van der Waals surface area (Å²) in [5.41, 5.74) is 5.79. The molecule has 0 saturated heterocycles. The van der Waals surface area contributed by atoms with Crippen molar-refractivity contribution in [3.05, 3.63) is 59.3 Å². The minimum Gasteiger partial charge on any atom is -0.454 e. The number of benzene rings is 1. The van der Waals surface area contributed by atoms with Crippen molar-refractivity contribution in [3.8, 4) is 0 Å². The number of primary amides is 1. The van der Waals surface area contributed by atoms with E-state index in [1.54, 1.807) is 18.2 Å². The second-order valence-corrected chi connectivity index (χ2v) is 5.09. The van der Waals surface area contributed by atoms with Gasteiger partial charge in [0.2, 0.25) is 0 Å². The molecule has 1 aromatic carbocycles. The molecule has 0 aliphatic carbocycles. The van der Waals surface area contributed by atoms with E-state index >= 15 is 0 Å². The molecule has 0 spiro atoms. The van der Waals surface area contributed by atoms with Crippen molar-refractivity contribution in [2.75, 3.05) is 13.1 Å². The summed E-state index contributed by atoms with van der Waals surface area (Å²) in [7, 11) is 0. The fourth-order valence-electron chi connectivity index (χ4n) is 2.11. The average molecular weight is 460 g/mol. The third kappa shape index (κ3) is 6.73. The first-order valence-corrected chi connectivity index (χ1v) is 7.74. The van der Waals surface area contributed by atoms with E-state index in [9.17, 15) is 9.18 Å². The van der Waals surface area contributed by atoms with Crippen molar-refractivity contribution in [1.29, 1.82) is 0 Å². The summed E-state index contributed by atoms with van der Waals surface area (Å²) in [6.45, 7) is 3.45. The summed E-state index contributed by atoms with van der Waals surface area (Å²) in [6.07, 6.45) is 0.545. The van der Waals surface area contributed by atoms with Crippen LogP contribution in [0.5, 0.6) is 0 Å². The Kier molecular flexibility index (Phi) is 8.96. The van der Waals surface area contributed by atoms with E-state index in [1.165, 1.54) is 12.1 Å². The summed E-state index contributed by atoms with van der Waals surface area (Å²) in [5.74, 6) is 0.412. The van der Waals surface area contributed by atoms with Gasteiger partial charge in [0.1, 0.15) is 18.1 Å². The summed E-state index contributed by atoms with van der Waals surface area (Å²) in [6, 6.07) is 9.86. The SMILES string of the molecule is CCNC(=NCc1ccc(C(N)=O)o1)NCCc1ccccc1F.I. The highest BCUT2D eigenvalue weighted by atomic mass is 127. The molecule has 0 fully saturated rings. The van der Waals surface area contributed by atoms with Gasteiger partial charge in [-0.15, -0.1) is 24.0 Å². The van der Waals surface area contributed by atoms with Crippen molar-refractivity contribution >= 4 is 35.8 Å². The molecule has 6 nitrogen and oxygen atoms in total. The van der Waals surface area contributed by atoms with E-state index in [0.717, 1.165) is 0 Å². The smallest absolute Gasteiger partial charge is 0.284 e. The Bertz CT molecular complexity index is 718.